The van der Waals surface area contributed by atoms with Gasteiger partial charge in [-0.15, -0.1) is 0 Å². The number of aliphatic hydroxyl groups excluding tert-OH is 1. The van der Waals surface area contributed by atoms with Gasteiger partial charge in [-0.2, -0.15) is 13.2 Å². The van der Waals surface area contributed by atoms with Gasteiger partial charge in [0, 0.05) is 18.5 Å². The number of alkyl halides is 3. The van der Waals surface area contributed by atoms with Gasteiger partial charge in [0.15, 0.2) is 0 Å². The first kappa shape index (κ1) is 17.7. The molecule has 4 nitrogen and oxygen atoms in total. The molecule has 1 saturated heterocycles. The molecule has 3 N–H and O–H groups in total. The van der Waals surface area contributed by atoms with Crippen LogP contribution in [-0.2, 0) is 16.4 Å². The number of carbonyl (C=O) groups excluding carboxylic acids is 1. The second-order valence-corrected chi connectivity index (χ2v) is 6.53. The molecule has 2 rings (SSSR count). The molecule has 128 valence electrons. The maximum Gasteiger partial charge on any atom is 0.416 e. The van der Waals surface area contributed by atoms with Crippen molar-refractivity contribution in [1.29, 1.82) is 0 Å². The van der Waals surface area contributed by atoms with E-state index >= 15 is 0 Å². The summed E-state index contributed by atoms with van der Waals surface area (Å²) in [5.74, 6) is -0.249. The maximum atomic E-state index is 12.8. The van der Waals surface area contributed by atoms with Crippen LogP contribution in [0.15, 0.2) is 24.3 Å². The molecule has 1 aromatic rings. The summed E-state index contributed by atoms with van der Waals surface area (Å²) in [5, 5.41) is 15.1. The molecule has 2 atom stereocenters. The number of nitrogens with one attached hydrogen (secondary N) is 2. The first-order valence-corrected chi connectivity index (χ1v) is 7.46. The zero-order valence-electron chi connectivity index (χ0n) is 13.1. The van der Waals surface area contributed by atoms with E-state index in [9.17, 15) is 23.1 Å². The number of rotatable bonds is 4. The number of benzene rings is 1. The van der Waals surface area contributed by atoms with Crippen LogP contribution in [0.4, 0.5) is 13.2 Å². The molecule has 1 aromatic carbocycles. The zero-order chi connectivity index (χ0) is 17.3. The van der Waals surface area contributed by atoms with Crippen molar-refractivity contribution in [3.05, 3.63) is 35.4 Å². The van der Waals surface area contributed by atoms with Crippen LogP contribution < -0.4 is 10.6 Å². The highest BCUT2D eigenvalue weighted by Gasteiger charge is 2.33. The number of amides is 1. The quantitative estimate of drug-likeness (QED) is 0.789. The van der Waals surface area contributed by atoms with E-state index in [0.29, 0.717) is 18.5 Å². The van der Waals surface area contributed by atoms with E-state index in [1.165, 1.54) is 6.07 Å². The Balaban J connectivity index is 2.02. The van der Waals surface area contributed by atoms with Gasteiger partial charge in [-0.3, -0.25) is 4.79 Å². The monoisotopic (exact) mass is 330 g/mol. The second-order valence-electron chi connectivity index (χ2n) is 6.53. The van der Waals surface area contributed by atoms with E-state index in [1.807, 2.05) is 0 Å². The van der Waals surface area contributed by atoms with Gasteiger partial charge in [-0.1, -0.05) is 32.0 Å². The van der Waals surface area contributed by atoms with Crippen molar-refractivity contribution in [2.24, 2.45) is 0 Å². The van der Waals surface area contributed by atoms with Crippen molar-refractivity contribution in [3.8, 4) is 0 Å². The van der Waals surface area contributed by atoms with Crippen LogP contribution in [-0.4, -0.2) is 36.2 Å². The lowest BCUT2D eigenvalue weighted by atomic mass is 9.83. The van der Waals surface area contributed by atoms with Crippen LogP contribution in [0.2, 0.25) is 0 Å². The average Bonchev–Trinajstić information content (AvgIpc) is 2.91. The van der Waals surface area contributed by atoms with E-state index in [2.05, 4.69) is 10.6 Å². The highest BCUT2D eigenvalue weighted by atomic mass is 19.4. The molecule has 0 bridgehead atoms. The molecule has 0 spiro atoms. The molecule has 7 heteroatoms. The predicted molar refractivity (Wildman–Crippen MR) is 79.9 cm³/mol. The van der Waals surface area contributed by atoms with Gasteiger partial charge in [0.05, 0.1) is 17.7 Å². The van der Waals surface area contributed by atoms with Crippen molar-refractivity contribution in [1.82, 2.24) is 10.6 Å². The molecule has 1 amide bonds. The standard InChI is InChI=1S/C16H21F3N2O2/c1-15(2,9-21-14(23)13-7-12(22)8-20-13)10-4-3-5-11(6-10)16(17,18)19/h3-6,12-13,20,22H,7-9H2,1-2H3,(H,21,23). The molecule has 2 unspecified atom stereocenters. The van der Waals surface area contributed by atoms with E-state index in [4.69, 9.17) is 0 Å². The van der Waals surface area contributed by atoms with Gasteiger partial charge in [-0.25, -0.2) is 0 Å². The van der Waals surface area contributed by atoms with E-state index < -0.39 is 29.3 Å². The molecule has 1 heterocycles. The van der Waals surface area contributed by atoms with E-state index in [-0.39, 0.29) is 12.5 Å². The maximum absolute atomic E-state index is 12.8. The van der Waals surface area contributed by atoms with Crippen molar-refractivity contribution in [2.75, 3.05) is 13.1 Å². The third kappa shape index (κ3) is 4.45. The normalized spacial score (nSPS) is 22.2. The second kappa shape index (κ2) is 6.49. The number of aliphatic hydroxyl groups is 1. The van der Waals surface area contributed by atoms with Crippen molar-refractivity contribution >= 4 is 5.91 Å². The SMILES string of the molecule is CC(C)(CNC(=O)C1CC(O)CN1)c1cccc(C(F)(F)F)c1. The summed E-state index contributed by atoms with van der Waals surface area (Å²) in [4.78, 5) is 12.0. The number of hydrogen-bond donors (Lipinski definition) is 3. The van der Waals surface area contributed by atoms with Crippen LogP contribution >= 0.6 is 0 Å². The van der Waals surface area contributed by atoms with E-state index in [0.717, 1.165) is 12.1 Å². The molecule has 1 aliphatic heterocycles. The lowest BCUT2D eigenvalue weighted by molar-refractivity contribution is -0.137. The Morgan fingerprint density at radius 3 is 2.57 bits per heavy atom. The molecule has 23 heavy (non-hydrogen) atoms. The number of carbonyl (C=O) groups is 1. The highest BCUT2D eigenvalue weighted by molar-refractivity contribution is 5.82. The fourth-order valence-electron chi connectivity index (χ4n) is 2.57. The lowest BCUT2D eigenvalue weighted by Crippen LogP contribution is -2.45. The van der Waals surface area contributed by atoms with Crippen LogP contribution in [0.3, 0.4) is 0 Å². The molecule has 0 aromatic heterocycles. The Kier molecular flexibility index (Phi) is 5.01. The number of β-amino-alcohol motifs (C(OH)–C–C–N with tert-alkyl or cyclic N) is 1. The summed E-state index contributed by atoms with van der Waals surface area (Å²) in [7, 11) is 0. The Labute approximate surface area is 133 Å². The topological polar surface area (TPSA) is 61.4 Å². The summed E-state index contributed by atoms with van der Waals surface area (Å²) < 4.78 is 38.4. The minimum absolute atomic E-state index is 0.210. The smallest absolute Gasteiger partial charge is 0.392 e. The van der Waals surface area contributed by atoms with Crippen molar-refractivity contribution in [3.63, 3.8) is 0 Å². The summed E-state index contributed by atoms with van der Waals surface area (Å²) in [6.45, 7) is 4.13. The summed E-state index contributed by atoms with van der Waals surface area (Å²) >= 11 is 0. The largest absolute Gasteiger partial charge is 0.416 e. The first-order chi connectivity index (χ1) is 10.6. The van der Waals surface area contributed by atoms with Gasteiger partial charge in [0.2, 0.25) is 5.91 Å². The Hall–Kier alpha value is -1.60. The Morgan fingerprint density at radius 2 is 2.00 bits per heavy atom. The minimum atomic E-state index is -4.39. The molecular weight excluding hydrogens is 309 g/mol. The predicted octanol–water partition coefficient (Wildman–Crippen LogP) is 1.82. The third-order valence-electron chi connectivity index (χ3n) is 4.10. The van der Waals surface area contributed by atoms with Crippen LogP contribution in [0.1, 0.15) is 31.4 Å². The third-order valence-corrected chi connectivity index (χ3v) is 4.10. The zero-order valence-corrected chi connectivity index (χ0v) is 13.1. The number of hydrogen-bond acceptors (Lipinski definition) is 3. The summed E-state index contributed by atoms with van der Waals surface area (Å²) in [6.07, 6.45) is -4.59. The van der Waals surface area contributed by atoms with Crippen LogP contribution in [0.5, 0.6) is 0 Å². The lowest BCUT2D eigenvalue weighted by Gasteiger charge is -2.27. The van der Waals surface area contributed by atoms with Crippen molar-refractivity contribution < 1.29 is 23.1 Å². The van der Waals surface area contributed by atoms with Crippen molar-refractivity contribution in [2.45, 2.75) is 44.0 Å². The molecular formula is C16H21F3N2O2. The fraction of sp³-hybridized carbons (Fsp3) is 0.562. The van der Waals surface area contributed by atoms with Gasteiger partial charge < -0.3 is 15.7 Å². The number of halogens is 3. The molecule has 0 saturated carbocycles. The van der Waals surface area contributed by atoms with Gasteiger partial charge >= 0.3 is 6.18 Å². The fourth-order valence-corrected chi connectivity index (χ4v) is 2.57. The average molecular weight is 330 g/mol. The van der Waals surface area contributed by atoms with E-state index in [1.54, 1.807) is 19.9 Å². The van der Waals surface area contributed by atoms with Crippen LogP contribution in [0, 0.1) is 0 Å². The van der Waals surface area contributed by atoms with Crippen LogP contribution in [0.25, 0.3) is 0 Å². The minimum Gasteiger partial charge on any atom is -0.392 e. The Bertz CT molecular complexity index is 573. The van der Waals surface area contributed by atoms with Gasteiger partial charge in [0.1, 0.15) is 0 Å². The molecule has 0 radical (unpaired) electrons. The highest BCUT2D eigenvalue weighted by Crippen LogP contribution is 2.32. The Morgan fingerprint density at radius 1 is 1.35 bits per heavy atom. The molecule has 1 aliphatic rings. The molecule has 1 fully saturated rings. The van der Waals surface area contributed by atoms with Gasteiger partial charge in [0.25, 0.3) is 0 Å². The molecule has 0 aliphatic carbocycles. The first-order valence-electron chi connectivity index (χ1n) is 7.46. The summed E-state index contributed by atoms with van der Waals surface area (Å²) in [5.41, 5.74) is -0.837. The summed E-state index contributed by atoms with van der Waals surface area (Å²) in [6, 6.07) is 4.68. The van der Waals surface area contributed by atoms with Gasteiger partial charge in [-0.05, 0) is 18.1 Å².